The number of halogens is 7. The molecule has 0 aliphatic heterocycles. The zero-order valence-corrected chi connectivity index (χ0v) is 10.4. The van der Waals surface area contributed by atoms with Gasteiger partial charge in [0.2, 0.25) is 5.71 Å². The predicted octanol–water partition coefficient (Wildman–Crippen LogP) is 3.75. The third kappa shape index (κ3) is 2.75. The summed E-state index contributed by atoms with van der Waals surface area (Å²) in [6, 6.07) is 0.539. The van der Waals surface area contributed by atoms with Gasteiger partial charge in [0.15, 0.2) is 5.65 Å². The first-order valence-corrected chi connectivity index (χ1v) is 5.47. The molecule has 0 amide bonds. The minimum absolute atomic E-state index is 0.329. The number of aromatic nitrogens is 2. The van der Waals surface area contributed by atoms with Gasteiger partial charge in [0.1, 0.15) is 0 Å². The summed E-state index contributed by atoms with van der Waals surface area (Å²) in [6.45, 7) is 0. The van der Waals surface area contributed by atoms with Crippen molar-refractivity contribution in [3.05, 3.63) is 34.7 Å². The molecular formula is C10H4ClF6N3O. The molecule has 0 fully saturated rings. The zero-order chi connectivity index (χ0) is 16.0. The molecule has 11 heteroatoms. The fourth-order valence-electron chi connectivity index (χ4n) is 1.63. The molecule has 0 atom stereocenters. The van der Waals surface area contributed by atoms with E-state index in [9.17, 15) is 26.3 Å². The van der Waals surface area contributed by atoms with Crippen LogP contribution >= 0.6 is 11.6 Å². The normalized spacial score (nSPS) is 14.0. The second-order valence-corrected chi connectivity index (χ2v) is 4.27. The average molecular weight is 332 g/mol. The van der Waals surface area contributed by atoms with E-state index >= 15 is 0 Å². The maximum atomic E-state index is 12.7. The van der Waals surface area contributed by atoms with Crippen molar-refractivity contribution in [2.24, 2.45) is 5.16 Å². The van der Waals surface area contributed by atoms with Crippen LogP contribution in [0.5, 0.6) is 0 Å². The van der Waals surface area contributed by atoms with E-state index in [2.05, 4.69) is 10.1 Å². The number of rotatable bonds is 1. The van der Waals surface area contributed by atoms with Gasteiger partial charge >= 0.3 is 12.4 Å². The fourth-order valence-corrected chi connectivity index (χ4v) is 1.89. The maximum Gasteiger partial charge on any atom is 0.438 e. The van der Waals surface area contributed by atoms with Gasteiger partial charge in [-0.15, -0.1) is 0 Å². The van der Waals surface area contributed by atoms with Crippen LogP contribution < -0.4 is 0 Å². The lowest BCUT2D eigenvalue weighted by Gasteiger charge is -2.11. The first-order chi connectivity index (χ1) is 9.55. The van der Waals surface area contributed by atoms with Crippen LogP contribution in [0.4, 0.5) is 26.3 Å². The minimum atomic E-state index is -5.08. The van der Waals surface area contributed by atoms with Gasteiger partial charge in [-0.05, 0) is 6.07 Å². The number of oxime groups is 1. The molecule has 2 aromatic heterocycles. The van der Waals surface area contributed by atoms with E-state index < -0.39 is 34.3 Å². The highest BCUT2D eigenvalue weighted by Crippen LogP contribution is 2.33. The molecule has 2 aromatic rings. The Kier molecular flexibility index (Phi) is 3.52. The van der Waals surface area contributed by atoms with Crippen LogP contribution in [-0.2, 0) is 6.18 Å². The van der Waals surface area contributed by atoms with Crippen molar-refractivity contribution in [3.63, 3.8) is 0 Å². The molecule has 1 N–H and O–H groups in total. The van der Waals surface area contributed by atoms with Gasteiger partial charge in [-0.25, -0.2) is 4.98 Å². The van der Waals surface area contributed by atoms with Crippen molar-refractivity contribution in [3.8, 4) is 0 Å². The predicted molar refractivity (Wildman–Crippen MR) is 59.6 cm³/mol. The van der Waals surface area contributed by atoms with E-state index in [-0.39, 0.29) is 5.65 Å². The maximum absolute atomic E-state index is 12.7. The third-order valence-electron chi connectivity index (χ3n) is 2.50. The van der Waals surface area contributed by atoms with Crippen molar-refractivity contribution >= 4 is 23.0 Å². The van der Waals surface area contributed by atoms with Crippen molar-refractivity contribution in [1.29, 1.82) is 0 Å². The molecule has 0 saturated heterocycles. The van der Waals surface area contributed by atoms with Crippen molar-refractivity contribution in [2.75, 3.05) is 0 Å². The molecule has 0 unspecified atom stereocenters. The van der Waals surface area contributed by atoms with E-state index in [1.165, 1.54) is 0 Å². The number of pyridine rings is 1. The van der Waals surface area contributed by atoms with E-state index in [1.807, 2.05) is 0 Å². The SMILES string of the molecule is ON=C(c1cnc2c(Cl)cc(C(F)(F)F)cn12)C(F)(F)F. The number of nitrogens with zero attached hydrogens (tertiary/aromatic N) is 3. The van der Waals surface area contributed by atoms with E-state index in [1.54, 1.807) is 0 Å². The first-order valence-electron chi connectivity index (χ1n) is 5.09. The molecular weight excluding hydrogens is 328 g/mol. The number of hydrogen-bond donors (Lipinski definition) is 1. The standard InChI is InChI=1S/C10H4ClF6N3O/c11-5-1-4(9(12,13)14)3-20-6(2-18-8(5)20)7(19-21)10(15,16)17/h1-3,21H. The molecule has 2 rings (SSSR count). The Labute approximate surface area is 117 Å². The molecule has 0 radical (unpaired) electrons. The van der Waals surface area contributed by atoms with Crippen LogP contribution in [0.3, 0.4) is 0 Å². The molecule has 114 valence electrons. The van der Waals surface area contributed by atoms with Crippen LogP contribution in [0.2, 0.25) is 5.02 Å². The van der Waals surface area contributed by atoms with Crippen molar-refractivity contribution in [1.82, 2.24) is 9.38 Å². The van der Waals surface area contributed by atoms with E-state index in [4.69, 9.17) is 16.8 Å². The summed E-state index contributed by atoms with van der Waals surface area (Å²) in [5.74, 6) is 0. The number of fused-ring (bicyclic) bond motifs is 1. The van der Waals surface area contributed by atoms with Crippen molar-refractivity contribution < 1.29 is 31.5 Å². The molecule has 0 aliphatic rings. The van der Waals surface area contributed by atoms with E-state index in [0.717, 1.165) is 0 Å². The third-order valence-corrected chi connectivity index (χ3v) is 2.78. The van der Waals surface area contributed by atoms with Crippen LogP contribution in [0.1, 0.15) is 11.3 Å². The second-order valence-electron chi connectivity index (χ2n) is 3.86. The second kappa shape index (κ2) is 4.79. The molecule has 0 spiro atoms. The van der Waals surface area contributed by atoms with Gasteiger partial charge < -0.3 is 5.21 Å². The average Bonchev–Trinajstić information content (AvgIpc) is 2.71. The van der Waals surface area contributed by atoms with E-state index in [0.29, 0.717) is 22.9 Å². The summed E-state index contributed by atoms with van der Waals surface area (Å²) in [6.07, 6.45) is -8.88. The lowest BCUT2D eigenvalue weighted by molar-refractivity contribution is -0.137. The van der Waals surface area contributed by atoms with Crippen LogP contribution in [0, 0.1) is 0 Å². The summed E-state index contributed by atoms with van der Waals surface area (Å²) in [5.41, 5.74) is -4.25. The summed E-state index contributed by atoms with van der Waals surface area (Å²) < 4.78 is 76.4. The highest BCUT2D eigenvalue weighted by Gasteiger charge is 2.40. The Balaban J connectivity index is 2.76. The number of alkyl halides is 6. The monoisotopic (exact) mass is 331 g/mol. The smallest absolute Gasteiger partial charge is 0.410 e. The molecule has 0 saturated carbocycles. The lowest BCUT2D eigenvalue weighted by atomic mass is 10.2. The topological polar surface area (TPSA) is 49.9 Å². The van der Waals surface area contributed by atoms with Gasteiger partial charge in [-0.3, -0.25) is 4.40 Å². The molecule has 0 aliphatic carbocycles. The van der Waals surface area contributed by atoms with Gasteiger partial charge in [-0.1, -0.05) is 16.8 Å². The van der Waals surface area contributed by atoms with Gasteiger partial charge in [0.05, 0.1) is 22.5 Å². The van der Waals surface area contributed by atoms with Crippen molar-refractivity contribution in [2.45, 2.75) is 12.4 Å². The highest BCUT2D eigenvalue weighted by atomic mass is 35.5. The molecule has 4 nitrogen and oxygen atoms in total. The summed E-state index contributed by atoms with van der Waals surface area (Å²) in [5, 5.41) is 10.1. The number of hydrogen-bond acceptors (Lipinski definition) is 3. The van der Waals surface area contributed by atoms with Crippen LogP contribution in [-0.4, -0.2) is 26.5 Å². The highest BCUT2D eigenvalue weighted by molar-refractivity contribution is 6.33. The summed E-state index contributed by atoms with van der Waals surface area (Å²) >= 11 is 5.58. The number of imidazole rings is 1. The molecule has 0 bridgehead atoms. The Hall–Kier alpha value is -1.97. The summed E-state index contributed by atoms with van der Waals surface area (Å²) in [4.78, 5) is 3.50. The fraction of sp³-hybridized carbons (Fsp3) is 0.200. The molecule has 21 heavy (non-hydrogen) atoms. The Bertz CT molecular complexity index is 718. The van der Waals surface area contributed by atoms with Gasteiger partial charge in [-0.2, -0.15) is 26.3 Å². The summed E-state index contributed by atoms with van der Waals surface area (Å²) in [7, 11) is 0. The first kappa shape index (κ1) is 15.4. The molecule has 2 heterocycles. The molecule has 0 aromatic carbocycles. The Morgan fingerprint density at radius 1 is 1.24 bits per heavy atom. The quantitative estimate of drug-likeness (QED) is 0.374. The zero-order valence-electron chi connectivity index (χ0n) is 9.67. The van der Waals surface area contributed by atoms with Gasteiger partial charge in [0, 0.05) is 6.20 Å². The van der Waals surface area contributed by atoms with Crippen LogP contribution in [0.15, 0.2) is 23.6 Å². The largest absolute Gasteiger partial charge is 0.438 e. The minimum Gasteiger partial charge on any atom is -0.410 e. The van der Waals surface area contributed by atoms with Crippen LogP contribution in [0.25, 0.3) is 5.65 Å². The van der Waals surface area contributed by atoms with Gasteiger partial charge in [0.25, 0.3) is 0 Å². The Morgan fingerprint density at radius 2 is 1.86 bits per heavy atom. The Morgan fingerprint density at radius 3 is 2.33 bits per heavy atom. The lowest BCUT2D eigenvalue weighted by Crippen LogP contribution is -2.25.